The molecule has 0 bridgehead atoms. The Hall–Kier alpha value is -1.75. The van der Waals surface area contributed by atoms with Crippen molar-refractivity contribution in [1.29, 1.82) is 0 Å². The molecule has 2 aromatic rings. The highest BCUT2D eigenvalue weighted by atomic mass is 35.5. The van der Waals surface area contributed by atoms with Crippen LogP contribution in [0, 0.1) is 11.6 Å². The molecular weight excluding hydrogens is 274 g/mol. The molecule has 19 heavy (non-hydrogen) atoms. The van der Waals surface area contributed by atoms with Crippen LogP contribution >= 0.6 is 11.6 Å². The van der Waals surface area contributed by atoms with Gasteiger partial charge in [-0.25, -0.2) is 13.8 Å². The maximum Gasteiger partial charge on any atom is 0.224 e. The molecule has 0 saturated carbocycles. The monoisotopic (exact) mass is 284 g/mol. The Balaban J connectivity index is 2.29. The highest BCUT2D eigenvalue weighted by Gasteiger charge is 2.09. The van der Waals surface area contributed by atoms with Gasteiger partial charge in [-0.3, -0.25) is 0 Å². The largest absolute Gasteiger partial charge is 0.436 e. The predicted molar refractivity (Wildman–Crippen MR) is 67.5 cm³/mol. The fraction of sp³-hybridized carbons (Fsp3) is 0.231. The Kier molecular flexibility index (Phi) is 4.27. The molecular formula is C13H11ClF2N2O. The van der Waals surface area contributed by atoms with Gasteiger partial charge in [0.05, 0.1) is 0 Å². The number of halogens is 3. The second-order valence-corrected chi connectivity index (χ2v) is 4.26. The number of rotatable bonds is 4. The molecule has 0 unspecified atom stereocenters. The summed E-state index contributed by atoms with van der Waals surface area (Å²) >= 11 is 5.82. The zero-order valence-electron chi connectivity index (χ0n) is 10.2. The van der Waals surface area contributed by atoms with Gasteiger partial charge in [-0.1, -0.05) is 18.5 Å². The van der Waals surface area contributed by atoms with Crippen molar-refractivity contribution in [1.82, 2.24) is 9.97 Å². The second-order valence-electron chi connectivity index (χ2n) is 3.87. The van der Waals surface area contributed by atoms with E-state index in [-0.39, 0.29) is 16.8 Å². The van der Waals surface area contributed by atoms with Gasteiger partial charge in [-0.2, -0.15) is 4.98 Å². The molecule has 0 aliphatic heterocycles. The van der Waals surface area contributed by atoms with E-state index >= 15 is 0 Å². The summed E-state index contributed by atoms with van der Waals surface area (Å²) in [5, 5.41) is 0.199. The van der Waals surface area contributed by atoms with Gasteiger partial charge >= 0.3 is 0 Å². The Labute approximate surface area is 114 Å². The van der Waals surface area contributed by atoms with E-state index in [1.54, 1.807) is 0 Å². The first-order valence-corrected chi connectivity index (χ1v) is 6.12. The summed E-state index contributed by atoms with van der Waals surface area (Å²) in [4.78, 5) is 8.09. The average Bonchev–Trinajstić information content (AvgIpc) is 2.33. The maximum absolute atomic E-state index is 13.4. The highest BCUT2D eigenvalue weighted by Crippen LogP contribution is 2.25. The molecule has 2 rings (SSSR count). The lowest BCUT2D eigenvalue weighted by molar-refractivity contribution is 0.419. The first-order valence-electron chi connectivity index (χ1n) is 5.75. The standard InChI is InChI=1S/C13H11ClF2N2O/c1-2-3-12-17-11(14)7-13(18-12)19-10-6-8(15)4-5-9(10)16/h4-7H,2-3H2,1H3. The highest BCUT2D eigenvalue weighted by molar-refractivity contribution is 6.29. The van der Waals surface area contributed by atoms with Crippen molar-refractivity contribution in [3.8, 4) is 11.6 Å². The van der Waals surface area contributed by atoms with Crippen molar-refractivity contribution >= 4 is 11.6 Å². The molecule has 0 aliphatic rings. The number of aromatic nitrogens is 2. The number of ether oxygens (including phenoxy) is 1. The molecule has 1 heterocycles. The van der Waals surface area contributed by atoms with Crippen molar-refractivity contribution in [3.05, 3.63) is 46.9 Å². The van der Waals surface area contributed by atoms with Gasteiger partial charge in [-0.15, -0.1) is 0 Å². The van der Waals surface area contributed by atoms with E-state index in [0.29, 0.717) is 12.2 Å². The fourth-order valence-electron chi connectivity index (χ4n) is 1.50. The van der Waals surface area contributed by atoms with Crippen molar-refractivity contribution in [2.24, 2.45) is 0 Å². The minimum atomic E-state index is -0.673. The van der Waals surface area contributed by atoms with Crippen LogP contribution in [0.2, 0.25) is 5.15 Å². The molecule has 0 atom stereocenters. The van der Waals surface area contributed by atoms with Gasteiger partial charge in [0, 0.05) is 18.6 Å². The van der Waals surface area contributed by atoms with E-state index < -0.39 is 11.6 Å². The average molecular weight is 285 g/mol. The lowest BCUT2D eigenvalue weighted by Gasteiger charge is -2.07. The van der Waals surface area contributed by atoms with Crippen LogP contribution in [0.4, 0.5) is 8.78 Å². The van der Waals surface area contributed by atoms with E-state index in [1.165, 1.54) is 6.07 Å². The van der Waals surface area contributed by atoms with Crippen molar-refractivity contribution in [2.75, 3.05) is 0 Å². The van der Waals surface area contributed by atoms with E-state index in [9.17, 15) is 8.78 Å². The summed E-state index contributed by atoms with van der Waals surface area (Å²) < 4.78 is 31.7. The Morgan fingerprint density at radius 2 is 2.00 bits per heavy atom. The van der Waals surface area contributed by atoms with Gasteiger partial charge < -0.3 is 4.74 Å². The van der Waals surface area contributed by atoms with E-state index in [2.05, 4.69) is 9.97 Å². The first kappa shape index (κ1) is 13.7. The molecule has 0 amide bonds. The number of aryl methyl sites for hydroxylation is 1. The summed E-state index contributed by atoms with van der Waals surface area (Å²) in [6.07, 6.45) is 1.47. The van der Waals surface area contributed by atoms with Crippen LogP contribution in [0.5, 0.6) is 11.6 Å². The molecule has 0 fully saturated rings. The summed E-state index contributed by atoms with van der Waals surface area (Å²) in [5.74, 6) is -0.912. The molecule has 0 aliphatic carbocycles. The zero-order chi connectivity index (χ0) is 13.8. The molecule has 100 valence electrons. The van der Waals surface area contributed by atoms with Crippen LogP contribution in [0.15, 0.2) is 24.3 Å². The summed E-state index contributed by atoms with van der Waals surface area (Å²) in [7, 11) is 0. The number of hydrogen-bond acceptors (Lipinski definition) is 3. The van der Waals surface area contributed by atoms with Crippen LogP contribution in [-0.4, -0.2) is 9.97 Å². The van der Waals surface area contributed by atoms with E-state index in [0.717, 1.165) is 24.6 Å². The van der Waals surface area contributed by atoms with Crippen molar-refractivity contribution in [2.45, 2.75) is 19.8 Å². The lowest BCUT2D eigenvalue weighted by atomic mass is 10.3. The summed E-state index contributed by atoms with van der Waals surface area (Å²) in [6, 6.07) is 4.30. The molecule has 0 spiro atoms. The predicted octanol–water partition coefficient (Wildman–Crippen LogP) is 4.15. The van der Waals surface area contributed by atoms with Gasteiger partial charge in [0.1, 0.15) is 16.8 Å². The summed E-state index contributed by atoms with van der Waals surface area (Å²) in [5.41, 5.74) is 0. The number of benzene rings is 1. The molecule has 0 N–H and O–H groups in total. The minimum Gasteiger partial charge on any atom is -0.436 e. The van der Waals surface area contributed by atoms with Crippen molar-refractivity contribution in [3.63, 3.8) is 0 Å². The normalized spacial score (nSPS) is 10.5. The fourth-order valence-corrected chi connectivity index (χ4v) is 1.69. The number of nitrogens with zero attached hydrogens (tertiary/aromatic N) is 2. The van der Waals surface area contributed by atoms with Crippen molar-refractivity contribution < 1.29 is 13.5 Å². The van der Waals surface area contributed by atoms with Gasteiger partial charge in [0.15, 0.2) is 11.6 Å². The van der Waals surface area contributed by atoms with Crippen LogP contribution in [0.1, 0.15) is 19.2 Å². The molecule has 1 aromatic heterocycles. The third kappa shape index (κ3) is 3.61. The Morgan fingerprint density at radius 1 is 1.21 bits per heavy atom. The molecule has 6 heteroatoms. The quantitative estimate of drug-likeness (QED) is 0.791. The smallest absolute Gasteiger partial charge is 0.224 e. The van der Waals surface area contributed by atoms with Crippen LogP contribution < -0.4 is 4.74 Å². The van der Waals surface area contributed by atoms with E-state index in [4.69, 9.17) is 16.3 Å². The lowest BCUT2D eigenvalue weighted by Crippen LogP contribution is -1.98. The molecule has 3 nitrogen and oxygen atoms in total. The van der Waals surface area contributed by atoms with Gasteiger partial charge in [0.25, 0.3) is 0 Å². The SMILES string of the molecule is CCCc1nc(Cl)cc(Oc2cc(F)ccc2F)n1. The van der Waals surface area contributed by atoms with Gasteiger partial charge in [-0.05, 0) is 18.6 Å². The summed E-state index contributed by atoms with van der Waals surface area (Å²) in [6.45, 7) is 1.97. The first-order chi connectivity index (χ1) is 9.08. The Morgan fingerprint density at radius 3 is 2.74 bits per heavy atom. The van der Waals surface area contributed by atoms with Crippen LogP contribution in [0.3, 0.4) is 0 Å². The zero-order valence-corrected chi connectivity index (χ0v) is 10.9. The van der Waals surface area contributed by atoms with Crippen LogP contribution in [0.25, 0.3) is 0 Å². The van der Waals surface area contributed by atoms with Gasteiger partial charge in [0.2, 0.25) is 5.88 Å². The number of hydrogen-bond donors (Lipinski definition) is 0. The second kappa shape index (κ2) is 5.93. The van der Waals surface area contributed by atoms with E-state index in [1.807, 2.05) is 6.92 Å². The topological polar surface area (TPSA) is 35.0 Å². The third-order valence-electron chi connectivity index (χ3n) is 2.30. The molecule has 0 radical (unpaired) electrons. The maximum atomic E-state index is 13.4. The molecule has 1 aromatic carbocycles. The Bertz CT molecular complexity index is 593. The third-order valence-corrected chi connectivity index (χ3v) is 2.49. The molecule has 0 saturated heterocycles. The minimum absolute atomic E-state index is 0.0907. The van der Waals surface area contributed by atoms with Crippen LogP contribution in [-0.2, 0) is 6.42 Å².